The van der Waals surface area contributed by atoms with Crippen molar-refractivity contribution in [2.45, 2.75) is 13.3 Å². The summed E-state index contributed by atoms with van der Waals surface area (Å²) in [4.78, 5) is 20.1. The molecule has 2 heterocycles. The molecule has 0 atom stereocenters. The molecule has 2 rings (SSSR count). The molecule has 0 radical (unpaired) electrons. The van der Waals surface area contributed by atoms with E-state index in [4.69, 9.17) is 5.73 Å². The van der Waals surface area contributed by atoms with Crippen molar-refractivity contribution in [2.75, 3.05) is 12.3 Å². The second-order valence-electron chi connectivity index (χ2n) is 3.80. The first-order valence-corrected chi connectivity index (χ1v) is 6.44. The fourth-order valence-corrected chi connectivity index (χ4v) is 2.17. The normalized spacial score (nSPS) is 10.3. The number of aromatic nitrogens is 2. The maximum Gasteiger partial charge on any atom is 0.272 e. The molecule has 0 aromatic carbocycles. The van der Waals surface area contributed by atoms with Crippen molar-refractivity contribution in [2.24, 2.45) is 0 Å². The lowest BCUT2D eigenvalue weighted by molar-refractivity contribution is 0.0950. The van der Waals surface area contributed by atoms with Gasteiger partial charge in [0, 0.05) is 24.5 Å². The molecular weight excluding hydrogens is 248 g/mol. The molecule has 0 unspecified atom stereocenters. The van der Waals surface area contributed by atoms with Gasteiger partial charge in [-0.25, -0.2) is 9.97 Å². The Bertz CT molecular complexity index is 553. The number of carbonyl (C=O) groups excluding carboxylic acids is 1. The maximum atomic E-state index is 11.8. The zero-order chi connectivity index (χ0) is 13.0. The molecule has 3 N–H and O–H groups in total. The van der Waals surface area contributed by atoms with Gasteiger partial charge >= 0.3 is 0 Å². The molecule has 0 bridgehead atoms. The fourth-order valence-electron chi connectivity index (χ4n) is 1.52. The largest absolute Gasteiger partial charge is 0.397 e. The standard InChI is InChI=1S/C12H14N4OS/c1-8-16-9(7-18-8)4-6-15-12(17)11-10(13)3-2-5-14-11/h2-3,5,7H,4,6,13H2,1H3,(H,15,17). The summed E-state index contributed by atoms with van der Waals surface area (Å²) in [7, 11) is 0. The SMILES string of the molecule is Cc1nc(CCNC(=O)c2ncccc2N)cs1. The van der Waals surface area contributed by atoms with Crippen LogP contribution in [0.15, 0.2) is 23.7 Å². The number of hydrogen-bond acceptors (Lipinski definition) is 5. The van der Waals surface area contributed by atoms with E-state index in [0.29, 0.717) is 18.7 Å². The number of anilines is 1. The number of aryl methyl sites for hydroxylation is 1. The Morgan fingerprint density at radius 1 is 1.56 bits per heavy atom. The molecule has 94 valence electrons. The number of rotatable bonds is 4. The molecule has 0 saturated heterocycles. The molecule has 0 aliphatic heterocycles. The van der Waals surface area contributed by atoms with Crippen LogP contribution in [0.25, 0.3) is 0 Å². The van der Waals surface area contributed by atoms with Gasteiger partial charge in [0.1, 0.15) is 0 Å². The van der Waals surface area contributed by atoms with Crippen LogP contribution in [0.5, 0.6) is 0 Å². The number of nitrogen functional groups attached to an aromatic ring is 1. The highest BCUT2D eigenvalue weighted by atomic mass is 32.1. The minimum atomic E-state index is -0.250. The number of nitrogens with two attached hydrogens (primary N) is 1. The van der Waals surface area contributed by atoms with Gasteiger partial charge in [0.15, 0.2) is 5.69 Å². The molecule has 6 heteroatoms. The molecule has 2 aromatic rings. The van der Waals surface area contributed by atoms with Crippen LogP contribution >= 0.6 is 11.3 Å². The van der Waals surface area contributed by atoms with Crippen molar-refractivity contribution in [1.82, 2.24) is 15.3 Å². The first-order valence-electron chi connectivity index (χ1n) is 5.56. The zero-order valence-electron chi connectivity index (χ0n) is 10.0. The van der Waals surface area contributed by atoms with Crippen molar-refractivity contribution in [3.63, 3.8) is 0 Å². The number of amides is 1. The quantitative estimate of drug-likeness (QED) is 0.872. The van der Waals surface area contributed by atoms with Crippen LogP contribution < -0.4 is 11.1 Å². The summed E-state index contributed by atoms with van der Waals surface area (Å²) in [6.07, 6.45) is 2.26. The highest BCUT2D eigenvalue weighted by Gasteiger charge is 2.09. The van der Waals surface area contributed by atoms with Crippen molar-refractivity contribution < 1.29 is 4.79 Å². The number of hydrogen-bond donors (Lipinski definition) is 2. The second kappa shape index (κ2) is 5.59. The lowest BCUT2D eigenvalue weighted by atomic mass is 10.2. The average molecular weight is 262 g/mol. The van der Waals surface area contributed by atoms with Crippen LogP contribution in [0, 0.1) is 6.92 Å². The van der Waals surface area contributed by atoms with Gasteiger partial charge in [-0.05, 0) is 19.1 Å². The number of nitrogens with zero attached hydrogens (tertiary/aromatic N) is 2. The Kier molecular flexibility index (Phi) is 3.88. The van der Waals surface area contributed by atoms with E-state index in [-0.39, 0.29) is 11.6 Å². The van der Waals surface area contributed by atoms with E-state index in [1.165, 1.54) is 0 Å². The van der Waals surface area contributed by atoms with Gasteiger partial charge in [-0.1, -0.05) is 0 Å². The third-order valence-corrected chi connectivity index (χ3v) is 3.21. The predicted molar refractivity (Wildman–Crippen MR) is 71.5 cm³/mol. The number of nitrogens with one attached hydrogen (secondary N) is 1. The molecule has 18 heavy (non-hydrogen) atoms. The summed E-state index contributed by atoms with van der Waals surface area (Å²) in [6, 6.07) is 3.36. The number of thiazole rings is 1. The van der Waals surface area contributed by atoms with Gasteiger partial charge in [0.2, 0.25) is 0 Å². The highest BCUT2D eigenvalue weighted by molar-refractivity contribution is 7.09. The molecule has 5 nitrogen and oxygen atoms in total. The van der Waals surface area contributed by atoms with E-state index < -0.39 is 0 Å². The molecule has 0 aliphatic carbocycles. The summed E-state index contributed by atoms with van der Waals surface area (Å²) in [6.45, 7) is 2.49. The first-order chi connectivity index (χ1) is 8.66. The fraction of sp³-hybridized carbons (Fsp3) is 0.250. The summed E-state index contributed by atoms with van der Waals surface area (Å²) in [5.74, 6) is -0.250. The number of pyridine rings is 1. The van der Waals surface area contributed by atoms with Crippen molar-refractivity contribution in [3.05, 3.63) is 40.1 Å². The smallest absolute Gasteiger partial charge is 0.272 e. The monoisotopic (exact) mass is 262 g/mol. The van der Waals surface area contributed by atoms with E-state index in [0.717, 1.165) is 10.7 Å². The van der Waals surface area contributed by atoms with Crippen molar-refractivity contribution in [3.8, 4) is 0 Å². The van der Waals surface area contributed by atoms with E-state index >= 15 is 0 Å². The Morgan fingerprint density at radius 3 is 3.06 bits per heavy atom. The molecular formula is C12H14N4OS. The van der Waals surface area contributed by atoms with Gasteiger partial charge in [-0.2, -0.15) is 0 Å². The Balaban J connectivity index is 1.87. The molecule has 0 spiro atoms. The third kappa shape index (κ3) is 3.04. The van der Waals surface area contributed by atoms with Gasteiger partial charge in [-0.3, -0.25) is 4.79 Å². The minimum Gasteiger partial charge on any atom is -0.397 e. The lowest BCUT2D eigenvalue weighted by Gasteiger charge is -2.05. The Labute approximate surface area is 109 Å². The van der Waals surface area contributed by atoms with Crippen LogP contribution in [0.3, 0.4) is 0 Å². The molecule has 0 aliphatic rings. The van der Waals surface area contributed by atoms with Crippen molar-refractivity contribution >= 4 is 22.9 Å². The highest BCUT2D eigenvalue weighted by Crippen LogP contribution is 2.08. The van der Waals surface area contributed by atoms with E-state index in [2.05, 4.69) is 15.3 Å². The third-order valence-electron chi connectivity index (χ3n) is 2.39. The number of carbonyl (C=O) groups is 1. The molecule has 2 aromatic heterocycles. The second-order valence-corrected chi connectivity index (χ2v) is 4.87. The maximum absolute atomic E-state index is 11.8. The minimum absolute atomic E-state index is 0.250. The Morgan fingerprint density at radius 2 is 2.39 bits per heavy atom. The Hall–Kier alpha value is -1.95. The zero-order valence-corrected chi connectivity index (χ0v) is 10.8. The van der Waals surface area contributed by atoms with Crippen LogP contribution in [0.4, 0.5) is 5.69 Å². The molecule has 0 fully saturated rings. The lowest BCUT2D eigenvalue weighted by Crippen LogP contribution is -2.27. The van der Waals surface area contributed by atoms with Crippen LogP contribution in [-0.4, -0.2) is 22.4 Å². The summed E-state index contributed by atoms with van der Waals surface area (Å²) in [5.41, 5.74) is 7.32. The predicted octanol–water partition coefficient (Wildman–Crippen LogP) is 1.40. The summed E-state index contributed by atoms with van der Waals surface area (Å²) >= 11 is 1.61. The van der Waals surface area contributed by atoms with Gasteiger partial charge < -0.3 is 11.1 Å². The molecule has 0 saturated carbocycles. The van der Waals surface area contributed by atoms with E-state index in [9.17, 15) is 4.79 Å². The van der Waals surface area contributed by atoms with Crippen LogP contribution in [0.1, 0.15) is 21.2 Å². The van der Waals surface area contributed by atoms with Gasteiger partial charge in [0.25, 0.3) is 5.91 Å². The van der Waals surface area contributed by atoms with E-state index in [1.54, 1.807) is 29.7 Å². The van der Waals surface area contributed by atoms with Crippen LogP contribution in [0.2, 0.25) is 0 Å². The average Bonchev–Trinajstić information content (AvgIpc) is 2.75. The molecule has 1 amide bonds. The van der Waals surface area contributed by atoms with Crippen molar-refractivity contribution in [1.29, 1.82) is 0 Å². The topological polar surface area (TPSA) is 80.9 Å². The van der Waals surface area contributed by atoms with Crippen LogP contribution in [-0.2, 0) is 6.42 Å². The first kappa shape index (κ1) is 12.5. The van der Waals surface area contributed by atoms with E-state index in [1.807, 2.05) is 12.3 Å². The van der Waals surface area contributed by atoms with Gasteiger partial charge in [0.05, 0.1) is 16.4 Å². The van der Waals surface area contributed by atoms with Gasteiger partial charge in [-0.15, -0.1) is 11.3 Å². The summed E-state index contributed by atoms with van der Waals surface area (Å²) < 4.78 is 0. The summed E-state index contributed by atoms with van der Waals surface area (Å²) in [5, 5.41) is 5.81.